The SMILES string of the molecule is C[C@@H]([C@@H]1C[C@@H](F)CN1C)n1nnc2c(N3CCC[C@@](C)(O)C3)nc(-c3noc4c3CCC[C@@]43CCCc4sc(N)c(C#N)c43)nc21. The summed E-state index contributed by atoms with van der Waals surface area (Å²) >= 11 is 1.52. The summed E-state index contributed by atoms with van der Waals surface area (Å²) in [4.78, 5) is 15.4. The molecular formula is C32H39FN10O2S. The molecule has 0 amide bonds. The van der Waals surface area contributed by atoms with E-state index in [1.165, 1.54) is 16.2 Å². The Morgan fingerprint density at radius 1 is 1.20 bits per heavy atom. The smallest absolute Gasteiger partial charge is 0.186 e. The van der Waals surface area contributed by atoms with Gasteiger partial charge in [0.2, 0.25) is 0 Å². The first-order valence-electron chi connectivity index (χ1n) is 16.4. The van der Waals surface area contributed by atoms with Gasteiger partial charge in [-0.1, -0.05) is 10.4 Å². The van der Waals surface area contributed by atoms with Crippen molar-refractivity contribution in [2.45, 2.75) is 101 Å². The van der Waals surface area contributed by atoms with Crippen molar-refractivity contribution in [1.29, 1.82) is 5.26 Å². The van der Waals surface area contributed by atoms with Crippen LogP contribution in [-0.2, 0) is 18.3 Å². The number of nitrogens with zero attached hydrogens (tertiary/aromatic N) is 9. The number of alkyl halides is 1. The fraction of sp³-hybridized carbons (Fsp3) is 0.625. The second kappa shape index (κ2) is 10.7. The van der Waals surface area contributed by atoms with E-state index in [1.807, 2.05) is 25.8 Å². The van der Waals surface area contributed by atoms with Crippen LogP contribution in [0.3, 0.4) is 0 Å². The maximum Gasteiger partial charge on any atom is 0.186 e. The number of nitriles is 1. The molecule has 46 heavy (non-hydrogen) atoms. The fourth-order valence-electron chi connectivity index (χ4n) is 8.73. The van der Waals surface area contributed by atoms with E-state index in [2.05, 4.69) is 26.4 Å². The summed E-state index contributed by atoms with van der Waals surface area (Å²) in [7, 11) is 1.94. The molecule has 1 spiro atoms. The van der Waals surface area contributed by atoms with Gasteiger partial charge in [0, 0.05) is 36.1 Å². The first kappa shape index (κ1) is 29.7. The number of aliphatic hydroxyl groups is 1. The molecule has 3 N–H and O–H groups in total. The van der Waals surface area contributed by atoms with Crippen LogP contribution in [-0.4, -0.2) is 84.6 Å². The number of aryl methyl sites for hydroxylation is 1. The lowest BCUT2D eigenvalue weighted by Crippen LogP contribution is -2.46. The van der Waals surface area contributed by atoms with Crippen molar-refractivity contribution < 1.29 is 14.0 Å². The molecule has 2 fully saturated rings. The third-order valence-corrected chi connectivity index (χ3v) is 11.9. The van der Waals surface area contributed by atoms with Gasteiger partial charge >= 0.3 is 0 Å². The van der Waals surface area contributed by atoms with E-state index in [0.717, 1.165) is 61.8 Å². The number of thiophene rings is 1. The number of nitrogens with two attached hydrogens (primary N) is 1. The van der Waals surface area contributed by atoms with Gasteiger partial charge in [-0.3, -0.25) is 4.90 Å². The van der Waals surface area contributed by atoms with Crippen LogP contribution in [0.2, 0.25) is 0 Å². The first-order valence-corrected chi connectivity index (χ1v) is 17.2. The third kappa shape index (κ3) is 4.46. The molecule has 4 aliphatic rings. The monoisotopic (exact) mass is 646 g/mol. The molecule has 14 heteroatoms. The lowest BCUT2D eigenvalue weighted by molar-refractivity contribution is 0.0448. The molecule has 0 bridgehead atoms. The third-order valence-electron chi connectivity index (χ3n) is 10.8. The molecule has 242 valence electrons. The van der Waals surface area contributed by atoms with Gasteiger partial charge in [-0.25, -0.2) is 19.0 Å². The number of rotatable bonds is 4. The van der Waals surface area contributed by atoms with Gasteiger partial charge in [-0.2, -0.15) is 5.26 Å². The van der Waals surface area contributed by atoms with Gasteiger partial charge in [-0.15, -0.1) is 16.4 Å². The van der Waals surface area contributed by atoms with Crippen LogP contribution < -0.4 is 10.6 Å². The lowest BCUT2D eigenvalue weighted by atomic mass is 9.63. The molecular weight excluding hydrogens is 607 g/mol. The van der Waals surface area contributed by atoms with E-state index in [-0.39, 0.29) is 12.1 Å². The van der Waals surface area contributed by atoms with Crippen molar-refractivity contribution in [3.05, 3.63) is 27.3 Å². The second-order valence-corrected chi connectivity index (χ2v) is 15.2. The minimum Gasteiger partial charge on any atom is -0.389 e. The molecule has 2 aliphatic carbocycles. The number of likely N-dealkylation sites (tertiary alicyclic amines) is 1. The molecule has 0 radical (unpaired) electrons. The van der Waals surface area contributed by atoms with E-state index in [4.69, 9.17) is 20.2 Å². The Hall–Kier alpha value is -3.67. The average Bonchev–Trinajstić information content (AvgIpc) is 3.80. The van der Waals surface area contributed by atoms with E-state index >= 15 is 0 Å². The summed E-state index contributed by atoms with van der Waals surface area (Å²) < 4.78 is 22.5. The number of aromatic nitrogens is 6. The topological polar surface area (TPSA) is 159 Å². The standard InChI is InChI=1S/C32H39FN10O2S/c1-17(21-13-18(33)15-41(21)3)43-30-25(38-40-43)29(42-12-6-9-31(2,44)16-42)36-28(37-30)24-19-7-4-10-32(26(19)45-39-24)11-5-8-22-23(32)20(14-34)27(35)46-22/h17-18,21,44H,4-13,15-16,35H2,1-3H3/t17-,18+,21-,31+,32-/m0/s1. The first-order chi connectivity index (χ1) is 22.1. The predicted molar refractivity (Wildman–Crippen MR) is 171 cm³/mol. The van der Waals surface area contributed by atoms with E-state index in [9.17, 15) is 14.8 Å². The van der Waals surface area contributed by atoms with Gasteiger partial charge in [0.15, 0.2) is 34.3 Å². The largest absolute Gasteiger partial charge is 0.389 e. The van der Waals surface area contributed by atoms with Crippen molar-refractivity contribution in [3.8, 4) is 17.6 Å². The maximum absolute atomic E-state index is 14.4. The summed E-state index contributed by atoms with van der Waals surface area (Å²) in [6, 6.07) is 2.13. The number of anilines is 2. The maximum atomic E-state index is 14.4. The average molecular weight is 647 g/mol. The van der Waals surface area contributed by atoms with Crippen LogP contribution in [0.25, 0.3) is 22.7 Å². The zero-order valence-corrected chi connectivity index (χ0v) is 27.3. The Balaban J connectivity index is 1.29. The Morgan fingerprint density at radius 2 is 2.00 bits per heavy atom. The highest BCUT2D eigenvalue weighted by Crippen LogP contribution is 2.55. The van der Waals surface area contributed by atoms with Crippen LogP contribution in [0.4, 0.5) is 15.2 Å². The highest BCUT2D eigenvalue weighted by molar-refractivity contribution is 7.16. The Labute approximate surface area is 270 Å². The number of fused-ring (bicyclic) bond motifs is 5. The van der Waals surface area contributed by atoms with Crippen LogP contribution in [0.15, 0.2) is 4.52 Å². The van der Waals surface area contributed by atoms with Gasteiger partial charge < -0.3 is 20.3 Å². The van der Waals surface area contributed by atoms with E-state index in [1.54, 1.807) is 4.68 Å². The van der Waals surface area contributed by atoms with Gasteiger partial charge in [0.1, 0.15) is 17.2 Å². The molecule has 4 aromatic heterocycles. The van der Waals surface area contributed by atoms with E-state index in [0.29, 0.717) is 71.5 Å². The minimum absolute atomic E-state index is 0.0648. The van der Waals surface area contributed by atoms with Crippen molar-refractivity contribution in [2.75, 3.05) is 37.3 Å². The molecule has 12 nitrogen and oxygen atoms in total. The Bertz CT molecular complexity index is 1870. The van der Waals surface area contributed by atoms with Crippen LogP contribution in [0, 0.1) is 11.3 Å². The molecule has 2 aliphatic heterocycles. The van der Waals surface area contributed by atoms with Crippen LogP contribution in [0.5, 0.6) is 0 Å². The van der Waals surface area contributed by atoms with Crippen molar-refractivity contribution in [3.63, 3.8) is 0 Å². The summed E-state index contributed by atoms with van der Waals surface area (Å²) in [5, 5.41) is 35.5. The molecule has 5 atom stereocenters. The number of halogens is 1. The summed E-state index contributed by atoms with van der Waals surface area (Å²) in [6.45, 7) is 5.36. The van der Waals surface area contributed by atoms with Gasteiger partial charge in [0.05, 0.1) is 22.6 Å². The highest BCUT2D eigenvalue weighted by Gasteiger charge is 2.49. The van der Waals surface area contributed by atoms with E-state index < -0.39 is 17.2 Å². The molecule has 6 heterocycles. The molecule has 0 saturated carbocycles. The van der Waals surface area contributed by atoms with Crippen LogP contribution in [0.1, 0.15) is 92.2 Å². The number of likely N-dealkylation sites (N-methyl/N-ethyl adjacent to an activating group) is 1. The molecule has 0 unspecified atom stereocenters. The second-order valence-electron chi connectivity index (χ2n) is 14.1. The number of hydrogen-bond donors (Lipinski definition) is 2. The van der Waals surface area contributed by atoms with Crippen molar-refractivity contribution >= 4 is 33.3 Å². The summed E-state index contributed by atoms with van der Waals surface area (Å²) in [5.41, 5.74) is 9.25. The zero-order valence-electron chi connectivity index (χ0n) is 26.5. The number of piperidine rings is 1. The molecule has 8 rings (SSSR count). The summed E-state index contributed by atoms with van der Waals surface area (Å²) in [5.74, 6) is 1.80. The van der Waals surface area contributed by atoms with Crippen LogP contribution >= 0.6 is 11.3 Å². The highest BCUT2D eigenvalue weighted by atomic mass is 32.1. The number of nitrogen functional groups attached to an aromatic ring is 1. The molecule has 0 aromatic carbocycles. The fourth-order valence-corrected chi connectivity index (χ4v) is 9.89. The molecule has 4 aromatic rings. The quantitative estimate of drug-likeness (QED) is 0.325. The predicted octanol–water partition coefficient (Wildman–Crippen LogP) is 4.30. The Morgan fingerprint density at radius 3 is 2.74 bits per heavy atom. The Kier molecular flexibility index (Phi) is 6.90. The normalized spacial score (nSPS) is 28.8. The summed E-state index contributed by atoms with van der Waals surface area (Å²) in [6.07, 6.45) is 6.28. The number of β-amino-alcohol motifs (C(OH)–C–C–N with tert-alkyl or cyclic N) is 1. The zero-order chi connectivity index (χ0) is 32.0. The molecule has 2 saturated heterocycles. The van der Waals surface area contributed by atoms with Gasteiger partial charge in [-0.05, 0) is 84.2 Å². The van der Waals surface area contributed by atoms with Crippen molar-refractivity contribution in [2.24, 2.45) is 0 Å². The van der Waals surface area contributed by atoms with Gasteiger partial charge in [0.25, 0.3) is 0 Å². The minimum atomic E-state index is -0.891. The van der Waals surface area contributed by atoms with Crippen molar-refractivity contribution in [1.82, 2.24) is 35.0 Å². The number of hydrogen-bond acceptors (Lipinski definition) is 12. The lowest BCUT2D eigenvalue weighted by Gasteiger charge is -2.39.